The lowest BCUT2D eigenvalue weighted by molar-refractivity contribution is 0.600. The average molecular weight is 243 g/mol. The monoisotopic (exact) mass is 243 g/mol. The molecule has 0 saturated carbocycles. The molecule has 0 fully saturated rings. The number of nitrogens with two attached hydrogens (primary N) is 1. The van der Waals surface area contributed by atoms with E-state index in [-0.39, 0.29) is 0 Å². The maximum Gasteiger partial charge on any atom is 0.191 e. The Morgan fingerprint density at radius 3 is 2.44 bits per heavy atom. The Balaban J connectivity index is 3.01. The van der Waals surface area contributed by atoms with Crippen LogP contribution in [-0.2, 0) is 0 Å². The molecule has 0 aromatic carbocycles. The van der Waals surface area contributed by atoms with Gasteiger partial charge in [-0.25, -0.2) is 4.39 Å². The fourth-order valence-electron chi connectivity index (χ4n) is 0.388. The summed E-state index contributed by atoms with van der Waals surface area (Å²) in [4.78, 5) is 0. The van der Waals surface area contributed by atoms with E-state index in [0.29, 0.717) is 3.63 Å². The summed E-state index contributed by atoms with van der Waals surface area (Å²) >= 11 is -1.01. The Labute approximate surface area is 61.0 Å². The largest absolute Gasteiger partial charge is 0.298 e. The van der Waals surface area contributed by atoms with Crippen molar-refractivity contribution >= 4 is 24.4 Å². The van der Waals surface area contributed by atoms with Crippen molar-refractivity contribution in [2.24, 2.45) is 5.73 Å². The van der Waals surface area contributed by atoms with Crippen molar-refractivity contribution in [1.82, 2.24) is 0 Å². The van der Waals surface area contributed by atoms with Crippen molar-refractivity contribution in [1.29, 1.82) is 0 Å². The van der Waals surface area contributed by atoms with Gasteiger partial charge >= 0.3 is 0 Å². The van der Waals surface area contributed by atoms with Gasteiger partial charge in [-0.2, -0.15) is 4.39 Å². The van der Waals surface area contributed by atoms with Crippen molar-refractivity contribution in [2.75, 3.05) is 0 Å². The lowest BCUT2D eigenvalue weighted by atomic mass is 10.5. The molecular formula is C5H4F2IN. The molecule has 0 atom stereocenters. The van der Waals surface area contributed by atoms with E-state index in [2.05, 4.69) is 0 Å². The van der Waals surface area contributed by atoms with Crippen molar-refractivity contribution in [2.45, 2.75) is 0 Å². The van der Waals surface area contributed by atoms with Gasteiger partial charge < -0.3 is 0 Å². The molecule has 1 aliphatic heterocycles. The number of allylic oxidation sites excluding steroid dienone is 2. The van der Waals surface area contributed by atoms with Gasteiger partial charge in [0.15, 0.2) is 9.66 Å². The fourth-order valence-corrected chi connectivity index (χ4v) is 1.73. The highest BCUT2D eigenvalue weighted by Gasteiger charge is 2.04. The van der Waals surface area contributed by atoms with Crippen LogP contribution >= 0.6 is 20.7 Å². The van der Waals surface area contributed by atoms with Crippen molar-refractivity contribution in [3.05, 3.63) is 21.8 Å². The fraction of sp³-hybridized carbons (Fsp3) is 0. The SMILES string of the molecule is NC1=IC(F)=C(F)C=C1. The summed E-state index contributed by atoms with van der Waals surface area (Å²) in [5, 5.41) is 0. The standard InChI is InChI=1S/C5H4F2IN/c6-3-1-2-4(9)8-5(3)7/h1-2H,9H2. The molecule has 0 radical (unpaired) electrons. The third-order valence-electron chi connectivity index (χ3n) is 0.761. The van der Waals surface area contributed by atoms with E-state index in [1.165, 1.54) is 6.08 Å². The van der Waals surface area contributed by atoms with E-state index in [9.17, 15) is 8.78 Å². The van der Waals surface area contributed by atoms with Gasteiger partial charge in [-0.05, 0) is 32.9 Å². The molecule has 9 heavy (non-hydrogen) atoms. The van der Waals surface area contributed by atoms with Gasteiger partial charge in [-0.3, -0.25) is 5.73 Å². The quantitative estimate of drug-likeness (QED) is 0.644. The Kier molecular flexibility index (Phi) is 2.07. The molecule has 0 aliphatic carbocycles. The third-order valence-corrected chi connectivity index (χ3v) is 2.73. The lowest BCUT2D eigenvalue weighted by Gasteiger charge is -1.96. The van der Waals surface area contributed by atoms with E-state index in [4.69, 9.17) is 5.73 Å². The molecule has 1 rings (SSSR count). The first kappa shape index (κ1) is 7.01. The Hall–Kier alpha value is -0.100. The zero-order chi connectivity index (χ0) is 6.85. The second-order valence-corrected chi connectivity index (χ2v) is 4.15. The first-order chi connectivity index (χ1) is 4.20. The molecule has 0 bridgehead atoms. The molecule has 2 N–H and O–H groups in total. The Morgan fingerprint density at radius 2 is 2.00 bits per heavy atom. The minimum Gasteiger partial charge on any atom is -0.298 e. The summed E-state index contributed by atoms with van der Waals surface area (Å²) in [5.41, 5.74) is 5.23. The summed E-state index contributed by atoms with van der Waals surface area (Å²) < 4.78 is 24.1. The highest BCUT2D eigenvalue weighted by Crippen LogP contribution is 2.26. The summed E-state index contributed by atoms with van der Waals surface area (Å²) in [6.07, 6.45) is 2.46. The number of hydrogen-bond donors (Lipinski definition) is 1. The summed E-state index contributed by atoms with van der Waals surface area (Å²) in [7, 11) is 0. The highest BCUT2D eigenvalue weighted by atomic mass is 127. The molecule has 1 aliphatic rings. The predicted molar refractivity (Wildman–Crippen MR) is 41.6 cm³/mol. The average Bonchev–Trinajstić information content (AvgIpc) is 1.80. The van der Waals surface area contributed by atoms with Crippen LogP contribution in [0.4, 0.5) is 8.78 Å². The minimum atomic E-state index is -1.01. The summed E-state index contributed by atoms with van der Waals surface area (Å²) in [6.45, 7) is 0. The van der Waals surface area contributed by atoms with Gasteiger partial charge in [0.05, 0.1) is 0 Å². The van der Waals surface area contributed by atoms with Crippen LogP contribution < -0.4 is 5.73 Å². The Bertz CT molecular complexity index is 217. The predicted octanol–water partition coefficient (Wildman–Crippen LogP) is 1.72. The highest BCUT2D eigenvalue weighted by molar-refractivity contribution is 14.2. The van der Waals surface area contributed by atoms with Crippen LogP contribution in [-0.4, -0.2) is 3.63 Å². The van der Waals surface area contributed by atoms with Gasteiger partial charge in [0, 0.05) is 3.63 Å². The summed E-state index contributed by atoms with van der Waals surface area (Å²) in [6, 6.07) is 0. The van der Waals surface area contributed by atoms with Crippen molar-refractivity contribution in [3.8, 4) is 0 Å². The Morgan fingerprint density at radius 1 is 1.33 bits per heavy atom. The first-order valence-corrected chi connectivity index (χ1v) is 4.36. The van der Waals surface area contributed by atoms with Crippen LogP contribution in [0.5, 0.6) is 0 Å². The van der Waals surface area contributed by atoms with Crippen LogP contribution in [0.3, 0.4) is 0 Å². The maximum atomic E-state index is 12.2. The lowest BCUT2D eigenvalue weighted by Crippen LogP contribution is -2.05. The second kappa shape index (κ2) is 2.66. The molecule has 0 spiro atoms. The number of rotatable bonds is 0. The van der Waals surface area contributed by atoms with Gasteiger partial charge in [0.2, 0.25) is 0 Å². The number of hydrogen-bond acceptors (Lipinski definition) is 1. The molecular weight excluding hydrogens is 239 g/mol. The second-order valence-electron chi connectivity index (χ2n) is 1.42. The van der Waals surface area contributed by atoms with Gasteiger partial charge in [-0.15, -0.1) is 0 Å². The number of halogens is 3. The molecule has 0 aromatic heterocycles. The first-order valence-electron chi connectivity index (χ1n) is 2.21. The zero-order valence-electron chi connectivity index (χ0n) is 4.37. The normalized spacial score (nSPS) is 19.2. The molecule has 0 saturated heterocycles. The molecule has 4 heteroatoms. The molecule has 0 aromatic rings. The van der Waals surface area contributed by atoms with E-state index < -0.39 is 30.4 Å². The third kappa shape index (κ3) is 1.65. The topological polar surface area (TPSA) is 26.0 Å². The van der Waals surface area contributed by atoms with E-state index in [0.717, 1.165) is 6.08 Å². The van der Waals surface area contributed by atoms with E-state index >= 15 is 0 Å². The molecule has 50 valence electrons. The summed E-state index contributed by atoms with van der Waals surface area (Å²) in [5.74, 6) is -0.767. The van der Waals surface area contributed by atoms with Gasteiger partial charge in [0.1, 0.15) is 0 Å². The molecule has 0 amide bonds. The zero-order valence-corrected chi connectivity index (χ0v) is 6.52. The van der Waals surface area contributed by atoms with Crippen LogP contribution in [0.2, 0.25) is 0 Å². The van der Waals surface area contributed by atoms with Gasteiger partial charge in [0.25, 0.3) is 0 Å². The van der Waals surface area contributed by atoms with Crippen LogP contribution in [0.25, 0.3) is 0 Å². The molecule has 1 nitrogen and oxygen atoms in total. The van der Waals surface area contributed by atoms with Crippen molar-refractivity contribution < 1.29 is 8.78 Å². The van der Waals surface area contributed by atoms with E-state index in [1.807, 2.05) is 0 Å². The van der Waals surface area contributed by atoms with E-state index in [1.54, 1.807) is 0 Å². The molecule has 0 unspecified atom stereocenters. The van der Waals surface area contributed by atoms with Gasteiger partial charge in [-0.1, -0.05) is 0 Å². The minimum absolute atomic E-state index is 0.465. The smallest absolute Gasteiger partial charge is 0.191 e. The molecule has 1 heterocycles. The van der Waals surface area contributed by atoms with Crippen molar-refractivity contribution in [3.63, 3.8) is 0 Å². The maximum absolute atomic E-state index is 12.2. The van der Waals surface area contributed by atoms with Crippen LogP contribution in [0.15, 0.2) is 21.8 Å². The van der Waals surface area contributed by atoms with Crippen LogP contribution in [0, 0.1) is 0 Å². The van der Waals surface area contributed by atoms with Crippen LogP contribution in [0.1, 0.15) is 0 Å².